The molecule has 0 bridgehead atoms. The molecule has 2 nitrogen and oxygen atoms in total. The first-order valence-electron chi connectivity index (χ1n) is 5.16. The molecule has 0 aromatic heterocycles. The summed E-state index contributed by atoms with van der Waals surface area (Å²) >= 11 is 0. The van der Waals surface area contributed by atoms with Gasteiger partial charge in [0.25, 0.3) is 0 Å². The molecule has 3 rings (SSSR count). The molecule has 2 heterocycles. The van der Waals surface area contributed by atoms with E-state index in [4.69, 9.17) is 9.47 Å². The van der Waals surface area contributed by atoms with Gasteiger partial charge in [0.05, 0.1) is 18.8 Å². The largest absolute Gasteiger partial charge is 0.373 e. The molecule has 0 spiro atoms. The van der Waals surface area contributed by atoms with Gasteiger partial charge in [-0.2, -0.15) is 0 Å². The Morgan fingerprint density at radius 1 is 1.36 bits per heavy atom. The molecule has 3 atom stereocenters. The van der Waals surface area contributed by atoms with Crippen molar-refractivity contribution in [1.29, 1.82) is 0 Å². The van der Waals surface area contributed by atoms with Gasteiger partial charge in [0.1, 0.15) is 5.60 Å². The second-order valence-corrected chi connectivity index (χ2v) is 4.18. The Morgan fingerprint density at radius 2 is 2.00 bits per heavy atom. The van der Waals surface area contributed by atoms with E-state index in [1.165, 1.54) is 5.56 Å². The summed E-state index contributed by atoms with van der Waals surface area (Å²) in [4.78, 5) is 0. The summed E-state index contributed by atoms with van der Waals surface area (Å²) in [7, 11) is 0. The summed E-state index contributed by atoms with van der Waals surface area (Å²) in [5.74, 6) is 0. The van der Waals surface area contributed by atoms with E-state index in [1.807, 2.05) is 6.07 Å². The van der Waals surface area contributed by atoms with Gasteiger partial charge in [-0.3, -0.25) is 0 Å². The molecule has 0 N–H and O–H groups in total. The Hall–Kier alpha value is -0.860. The molecule has 2 fully saturated rings. The third-order valence-electron chi connectivity index (χ3n) is 3.18. The van der Waals surface area contributed by atoms with Gasteiger partial charge in [-0.25, -0.2) is 0 Å². The van der Waals surface area contributed by atoms with E-state index in [2.05, 4.69) is 31.2 Å². The monoisotopic (exact) mass is 190 g/mol. The minimum absolute atomic E-state index is 0.0393. The van der Waals surface area contributed by atoms with Crippen LogP contribution >= 0.6 is 0 Å². The number of benzene rings is 1. The van der Waals surface area contributed by atoms with Crippen LogP contribution in [-0.2, 0) is 15.1 Å². The van der Waals surface area contributed by atoms with Crippen molar-refractivity contribution >= 4 is 0 Å². The topological polar surface area (TPSA) is 25.1 Å². The zero-order valence-electron chi connectivity index (χ0n) is 8.27. The molecule has 14 heavy (non-hydrogen) atoms. The van der Waals surface area contributed by atoms with Crippen LogP contribution in [0.15, 0.2) is 30.3 Å². The number of hydrogen-bond acceptors (Lipinski definition) is 2. The van der Waals surface area contributed by atoms with Gasteiger partial charge in [-0.15, -0.1) is 0 Å². The van der Waals surface area contributed by atoms with Gasteiger partial charge in [0.2, 0.25) is 0 Å². The van der Waals surface area contributed by atoms with Crippen molar-refractivity contribution in [3.8, 4) is 0 Å². The average Bonchev–Trinajstić information content (AvgIpc) is 3.10. The fourth-order valence-corrected chi connectivity index (χ4v) is 2.16. The first-order valence-corrected chi connectivity index (χ1v) is 5.16. The molecule has 2 heteroatoms. The number of ether oxygens (including phenoxy) is 2. The van der Waals surface area contributed by atoms with Crippen molar-refractivity contribution < 1.29 is 9.47 Å². The van der Waals surface area contributed by atoms with E-state index in [0.29, 0.717) is 12.2 Å². The highest BCUT2D eigenvalue weighted by Gasteiger charge is 2.57. The lowest BCUT2D eigenvalue weighted by Crippen LogP contribution is -2.14. The van der Waals surface area contributed by atoms with Crippen LogP contribution in [0.4, 0.5) is 0 Å². The lowest BCUT2D eigenvalue weighted by atomic mass is 9.91. The van der Waals surface area contributed by atoms with Gasteiger partial charge in [0, 0.05) is 6.42 Å². The van der Waals surface area contributed by atoms with Crippen molar-refractivity contribution in [3.63, 3.8) is 0 Å². The van der Waals surface area contributed by atoms with Crippen molar-refractivity contribution in [1.82, 2.24) is 0 Å². The minimum atomic E-state index is -0.0393. The summed E-state index contributed by atoms with van der Waals surface area (Å²) < 4.78 is 11.0. The number of rotatable bonds is 3. The quantitative estimate of drug-likeness (QED) is 0.682. The molecule has 0 saturated carbocycles. The maximum atomic E-state index is 5.76. The second kappa shape index (κ2) is 2.81. The predicted molar refractivity (Wildman–Crippen MR) is 53.0 cm³/mol. The highest BCUT2D eigenvalue weighted by atomic mass is 16.6. The standard InChI is InChI=1S/C12H14O2/c1-9-12(14-9,7-11-8-13-11)10-5-3-2-4-6-10/h2-6,9,11H,7-8H2,1H3. The van der Waals surface area contributed by atoms with Crippen molar-refractivity contribution in [2.45, 2.75) is 31.2 Å². The van der Waals surface area contributed by atoms with Crippen LogP contribution in [0.25, 0.3) is 0 Å². The van der Waals surface area contributed by atoms with Crippen LogP contribution in [-0.4, -0.2) is 18.8 Å². The van der Waals surface area contributed by atoms with E-state index < -0.39 is 0 Å². The van der Waals surface area contributed by atoms with E-state index in [9.17, 15) is 0 Å². The molecule has 3 unspecified atom stereocenters. The molecular formula is C12H14O2. The van der Waals surface area contributed by atoms with Crippen LogP contribution in [0.1, 0.15) is 18.9 Å². The third kappa shape index (κ3) is 1.26. The lowest BCUT2D eigenvalue weighted by Gasteiger charge is -2.10. The predicted octanol–water partition coefficient (Wildman–Crippen LogP) is 2.09. The molecule has 74 valence electrons. The van der Waals surface area contributed by atoms with E-state index >= 15 is 0 Å². The van der Waals surface area contributed by atoms with E-state index in [1.54, 1.807) is 0 Å². The zero-order chi connectivity index (χ0) is 9.60. The molecule has 0 amide bonds. The average molecular weight is 190 g/mol. The molecule has 2 aliphatic heterocycles. The first-order chi connectivity index (χ1) is 6.81. The SMILES string of the molecule is CC1OC1(CC1CO1)c1ccccc1. The van der Waals surface area contributed by atoms with Gasteiger partial charge >= 0.3 is 0 Å². The van der Waals surface area contributed by atoms with Gasteiger partial charge in [0.15, 0.2) is 0 Å². The van der Waals surface area contributed by atoms with Crippen molar-refractivity contribution in [2.24, 2.45) is 0 Å². The first kappa shape index (κ1) is 8.45. The van der Waals surface area contributed by atoms with Gasteiger partial charge < -0.3 is 9.47 Å². The molecule has 1 aromatic rings. The lowest BCUT2D eigenvalue weighted by molar-refractivity contribution is 0.258. The van der Waals surface area contributed by atoms with Crippen LogP contribution in [0.2, 0.25) is 0 Å². The van der Waals surface area contributed by atoms with E-state index in [-0.39, 0.29) is 5.60 Å². The smallest absolute Gasteiger partial charge is 0.122 e. The maximum Gasteiger partial charge on any atom is 0.122 e. The molecule has 2 aliphatic rings. The summed E-state index contributed by atoms with van der Waals surface area (Å²) in [5.41, 5.74) is 1.26. The van der Waals surface area contributed by atoms with Crippen LogP contribution in [0, 0.1) is 0 Å². The van der Waals surface area contributed by atoms with Crippen molar-refractivity contribution in [3.05, 3.63) is 35.9 Å². The second-order valence-electron chi connectivity index (χ2n) is 4.18. The zero-order valence-corrected chi connectivity index (χ0v) is 8.27. The Labute approximate surface area is 83.8 Å². The fourth-order valence-electron chi connectivity index (χ4n) is 2.16. The fraction of sp³-hybridized carbons (Fsp3) is 0.500. The summed E-state index contributed by atoms with van der Waals surface area (Å²) in [6, 6.07) is 10.5. The highest BCUT2D eigenvalue weighted by Crippen LogP contribution is 2.51. The summed E-state index contributed by atoms with van der Waals surface area (Å²) in [6.07, 6.45) is 1.78. The van der Waals surface area contributed by atoms with E-state index in [0.717, 1.165) is 13.0 Å². The van der Waals surface area contributed by atoms with Crippen molar-refractivity contribution in [2.75, 3.05) is 6.61 Å². The van der Waals surface area contributed by atoms with Gasteiger partial charge in [-0.05, 0) is 12.5 Å². The molecule has 0 aliphatic carbocycles. The summed E-state index contributed by atoms with van der Waals surface area (Å²) in [6.45, 7) is 3.04. The highest BCUT2D eigenvalue weighted by molar-refractivity contribution is 5.29. The normalized spacial score (nSPS) is 39.5. The minimum Gasteiger partial charge on any atom is -0.373 e. The molecule has 2 saturated heterocycles. The van der Waals surface area contributed by atoms with Crippen LogP contribution in [0.3, 0.4) is 0 Å². The summed E-state index contributed by atoms with van der Waals surface area (Å²) in [5, 5.41) is 0. The van der Waals surface area contributed by atoms with Crippen LogP contribution < -0.4 is 0 Å². The molecule has 1 aromatic carbocycles. The molecular weight excluding hydrogens is 176 g/mol. The van der Waals surface area contributed by atoms with Gasteiger partial charge in [-0.1, -0.05) is 30.3 Å². The molecule has 0 radical (unpaired) electrons. The Balaban J connectivity index is 1.86. The van der Waals surface area contributed by atoms with Crippen LogP contribution in [0.5, 0.6) is 0 Å². The maximum absolute atomic E-state index is 5.76. The Morgan fingerprint density at radius 3 is 2.50 bits per heavy atom. The Bertz CT molecular complexity index is 331. The number of hydrogen-bond donors (Lipinski definition) is 0. The Kier molecular flexibility index (Phi) is 1.70. The number of epoxide rings is 2. The third-order valence-corrected chi connectivity index (χ3v) is 3.18.